The lowest BCUT2D eigenvalue weighted by Gasteiger charge is -2.06. The van der Waals surface area contributed by atoms with E-state index in [9.17, 15) is 9.59 Å². The number of carbonyl (C=O) groups excluding carboxylic acids is 2. The highest BCUT2D eigenvalue weighted by Gasteiger charge is 2.24. The summed E-state index contributed by atoms with van der Waals surface area (Å²) in [6.07, 6.45) is 3.32. The first-order valence-corrected chi connectivity index (χ1v) is 6.99. The van der Waals surface area contributed by atoms with E-state index in [0.29, 0.717) is 17.3 Å². The standard InChI is InChI=1S/C13H10BrNO3S/c1-2-5-18-10-4-3-8(6-9(10)14)7-11-12(16)15-13(17)19-11/h2-4,6-7H,1,5H2,(H,15,16,17). The molecule has 0 bridgehead atoms. The molecule has 1 heterocycles. The Morgan fingerprint density at radius 2 is 2.21 bits per heavy atom. The Hall–Kier alpha value is -1.53. The van der Waals surface area contributed by atoms with E-state index < -0.39 is 0 Å². The minimum Gasteiger partial charge on any atom is -0.488 e. The molecule has 1 N–H and O–H groups in total. The van der Waals surface area contributed by atoms with Gasteiger partial charge in [-0.25, -0.2) is 0 Å². The van der Waals surface area contributed by atoms with Crippen molar-refractivity contribution < 1.29 is 14.3 Å². The van der Waals surface area contributed by atoms with Crippen LogP contribution in [0, 0.1) is 0 Å². The van der Waals surface area contributed by atoms with Gasteiger partial charge in [0.1, 0.15) is 12.4 Å². The van der Waals surface area contributed by atoms with Crippen molar-refractivity contribution >= 4 is 44.9 Å². The second kappa shape index (κ2) is 6.08. The molecule has 1 aliphatic rings. The van der Waals surface area contributed by atoms with Crippen molar-refractivity contribution in [1.82, 2.24) is 5.32 Å². The third-order valence-electron chi connectivity index (χ3n) is 2.25. The van der Waals surface area contributed by atoms with Crippen molar-refractivity contribution in [3.05, 3.63) is 45.8 Å². The minimum absolute atomic E-state index is 0.346. The van der Waals surface area contributed by atoms with Crippen LogP contribution in [-0.2, 0) is 4.79 Å². The molecule has 4 nitrogen and oxygen atoms in total. The first-order valence-electron chi connectivity index (χ1n) is 5.38. The maximum atomic E-state index is 11.4. The fourth-order valence-corrected chi connectivity index (χ4v) is 2.64. The van der Waals surface area contributed by atoms with Gasteiger partial charge in [0.05, 0.1) is 9.38 Å². The minimum atomic E-state index is -0.363. The van der Waals surface area contributed by atoms with Gasteiger partial charge in [0, 0.05) is 0 Å². The number of nitrogens with one attached hydrogen (secondary N) is 1. The van der Waals surface area contributed by atoms with Gasteiger partial charge in [-0.3, -0.25) is 14.9 Å². The summed E-state index contributed by atoms with van der Waals surface area (Å²) in [6.45, 7) is 4.00. The first-order chi connectivity index (χ1) is 9.10. The van der Waals surface area contributed by atoms with E-state index in [0.717, 1.165) is 21.8 Å². The molecule has 1 saturated heterocycles. The molecular weight excluding hydrogens is 330 g/mol. The van der Waals surface area contributed by atoms with Crippen LogP contribution in [0.2, 0.25) is 0 Å². The molecule has 0 atom stereocenters. The summed E-state index contributed by atoms with van der Waals surface area (Å²) in [5.74, 6) is 0.333. The molecule has 1 aliphatic heterocycles. The van der Waals surface area contributed by atoms with Crippen LogP contribution < -0.4 is 10.1 Å². The fourth-order valence-electron chi connectivity index (χ4n) is 1.45. The summed E-state index contributed by atoms with van der Waals surface area (Å²) in [7, 11) is 0. The molecule has 0 unspecified atom stereocenters. The number of carbonyl (C=O) groups is 2. The normalized spacial score (nSPS) is 16.6. The molecule has 19 heavy (non-hydrogen) atoms. The monoisotopic (exact) mass is 339 g/mol. The number of rotatable bonds is 4. The molecule has 0 saturated carbocycles. The molecule has 1 fully saturated rings. The van der Waals surface area contributed by atoms with Crippen LogP contribution in [0.1, 0.15) is 5.56 Å². The van der Waals surface area contributed by atoms with Crippen molar-refractivity contribution in [3.8, 4) is 5.75 Å². The van der Waals surface area contributed by atoms with E-state index in [-0.39, 0.29) is 11.1 Å². The van der Waals surface area contributed by atoms with Gasteiger partial charge in [0.15, 0.2) is 0 Å². The Morgan fingerprint density at radius 3 is 2.79 bits per heavy atom. The van der Waals surface area contributed by atoms with Gasteiger partial charge in [-0.2, -0.15) is 0 Å². The number of halogens is 1. The topological polar surface area (TPSA) is 55.4 Å². The Balaban J connectivity index is 2.20. The Morgan fingerprint density at radius 1 is 1.42 bits per heavy atom. The second-order valence-corrected chi connectivity index (χ2v) is 5.51. The molecule has 2 amide bonds. The summed E-state index contributed by atoms with van der Waals surface area (Å²) >= 11 is 4.28. The van der Waals surface area contributed by atoms with Crippen LogP contribution >= 0.6 is 27.7 Å². The van der Waals surface area contributed by atoms with Crippen molar-refractivity contribution in [2.45, 2.75) is 0 Å². The first kappa shape index (κ1) is 13.9. The number of thioether (sulfide) groups is 1. The molecule has 6 heteroatoms. The SMILES string of the molecule is C=CCOc1ccc(C=C2SC(=O)NC2=O)cc1Br. The fraction of sp³-hybridized carbons (Fsp3) is 0.0769. The van der Waals surface area contributed by atoms with E-state index in [1.807, 2.05) is 12.1 Å². The highest BCUT2D eigenvalue weighted by atomic mass is 79.9. The number of hydrogen-bond donors (Lipinski definition) is 1. The molecule has 98 valence electrons. The maximum Gasteiger partial charge on any atom is 0.290 e. The summed E-state index contributed by atoms with van der Waals surface area (Å²) in [5, 5.41) is 1.86. The van der Waals surface area contributed by atoms with Crippen LogP contribution in [0.4, 0.5) is 4.79 Å². The quantitative estimate of drug-likeness (QED) is 0.675. The second-order valence-electron chi connectivity index (χ2n) is 3.64. The largest absolute Gasteiger partial charge is 0.488 e. The summed E-state index contributed by atoms with van der Waals surface area (Å²) in [6, 6.07) is 5.42. The van der Waals surface area contributed by atoms with E-state index >= 15 is 0 Å². The average molecular weight is 340 g/mol. The molecule has 2 rings (SSSR count). The Labute approximate surface area is 123 Å². The summed E-state index contributed by atoms with van der Waals surface area (Å²) in [4.78, 5) is 22.8. The zero-order valence-corrected chi connectivity index (χ0v) is 12.2. The van der Waals surface area contributed by atoms with Gasteiger partial charge >= 0.3 is 0 Å². The van der Waals surface area contributed by atoms with Gasteiger partial charge in [-0.15, -0.1) is 0 Å². The number of amides is 2. The molecule has 0 spiro atoms. The molecule has 0 radical (unpaired) electrons. The van der Waals surface area contributed by atoms with Crippen LogP contribution in [0.25, 0.3) is 6.08 Å². The molecule has 1 aromatic rings. The Bertz CT molecular complexity index is 583. The lowest BCUT2D eigenvalue weighted by Crippen LogP contribution is -2.17. The van der Waals surface area contributed by atoms with E-state index in [2.05, 4.69) is 27.8 Å². The van der Waals surface area contributed by atoms with Crippen LogP contribution in [0.15, 0.2) is 40.2 Å². The third-order valence-corrected chi connectivity index (χ3v) is 3.68. The summed E-state index contributed by atoms with van der Waals surface area (Å²) < 4.78 is 6.20. The van der Waals surface area contributed by atoms with E-state index in [4.69, 9.17) is 4.74 Å². The highest BCUT2D eigenvalue weighted by Crippen LogP contribution is 2.30. The number of imide groups is 1. The lowest BCUT2D eigenvalue weighted by molar-refractivity contribution is -0.115. The smallest absolute Gasteiger partial charge is 0.290 e. The molecule has 0 aromatic heterocycles. The van der Waals surface area contributed by atoms with Gasteiger partial charge in [-0.05, 0) is 51.5 Å². The van der Waals surface area contributed by atoms with E-state index in [1.165, 1.54) is 0 Å². The zero-order valence-electron chi connectivity index (χ0n) is 9.81. The number of benzene rings is 1. The number of hydrogen-bond acceptors (Lipinski definition) is 4. The third kappa shape index (κ3) is 3.48. The van der Waals surface area contributed by atoms with Gasteiger partial charge in [-0.1, -0.05) is 18.7 Å². The van der Waals surface area contributed by atoms with Crippen LogP contribution in [0.3, 0.4) is 0 Å². The van der Waals surface area contributed by atoms with Crippen molar-refractivity contribution in [2.75, 3.05) is 6.61 Å². The van der Waals surface area contributed by atoms with Gasteiger partial charge in [0.25, 0.3) is 11.1 Å². The number of ether oxygens (including phenoxy) is 1. The molecule has 1 aromatic carbocycles. The zero-order chi connectivity index (χ0) is 13.8. The maximum absolute atomic E-state index is 11.4. The highest BCUT2D eigenvalue weighted by molar-refractivity contribution is 9.10. The van der Waals surface area contributed by atoms with Crippen molar-refractivity contribution in [3.63, 3.8) is 0 Å². The van der Waals surface area contributed by atoms with Crippen molar-refractivity contribution in [2.24, 2.45) is 0 Å². The predicted molar refractivity (Wildman–Crippen MR) is 78.9 cm³/mol. The van der Waals surface area contributed by atoms with Gasteiger partial charge < -0.3 is 4.74 Å². The van der Waals surface area contributed by atoms with Crippen molar-refractivity contribution in [1.29, 1.82) is 0 Å². The average Bonchev–Trinajstić information content (AvgIpc) is 2.67. The Kier molecular flexibility index (Phi) is 4.44. The summed E-state index contributed by atoms with van der Waals surface area (Å²) in [5.41, 5.74) is 0.810. The van der Waals surface area contributed by atoms with E-state index in [1.54, 1.807) is 18.2 Å². The van der Waals surface area contributed by atoms with Gasteiger partial charge in [0.2, 0.25) is 0 Å². The predicted octanol–water partition coefficient (Wildman–Crippen LogP) is 3.34. The van der Waals surface area contributed by atoms with Crippen LogP contribution in [0.5, 0.6) is 5.75 Å². The molecule has 0 aliphatic carbocycles. The van der Waals surface area contributed by atoms with Crippen LogP contribution in [-0.4, -0.2) is 17.8 Å². The molecular formula is C13H10BrNO3S. The lowest BCUT2D eigenvalue weighted by atomic mass is 10.2.